The molecule has 6 nitrogen and oxygen atoms in total. The van der Waals surface area contributed by atoms with Crippen LogP contribution < -0.4 is 10.6 Å². The Balaban J connectivity index is 1.54. The second kappa shape index (κ2) is 7.69. The third-order valence-electron chi connectivity index (χ3n) is 3.70. The molecule has 2 aromatic rings. The molecule has 0 saturated carbocycles. The Kier molecular flexibility index (Phi) is 5.16. The third-order valence-corrected chi connectivity index (χ3v) is 3.70. The first kappa shape index (κ1) is 15.4. The van der Waals surface area contributed by atoms with Gasteiger partial charge in [-0.05, 0) is 24.5 Å². The number of hydrogen-bond acceptors (Lipinski definition) is 5. The van der Waals surface area contributed by atoms with Crippen molar-refractivity contribution in [3.63, 3.8) is 0 Å². The molecule has 0 spiro atoms. The summed E-state index contributed by atoms with van der Waals surface area (Å²) in [4.78, 5) is 20.6. The van der Waals surface area contributed by atoms with Crippen molar-refractivity contribution in [2.45, 2.75) is 25.5 Å². The Morgan fingerprint density at radius 1 is 1.26 bits per heavy atom. The molecule has 1 aliphatic rings. The van der Waals surface area contributed by atoms with Gasteiger partial charge >= 0.3 is 0 Å². The predicted molar refractivity (Wildman–Crippen MR) is 87.1 cm³/mol. The van der Waals surface area contributed by atoms with E-state index in [0.29, 0.717) is 24.7 Å². The summed E-state index contributed by atoms with van der Waals surface area (Å²) in [5.74, 6) is 0.240. The number of hydrogen-bond donors (Lipinski definition) is 2. The van der Waals surface area contributed by atoms with Gasteiger partial charge in [-0.3, -0.25) is 4.79 Å². The van der Waals surface area contributed by atoms with Crippen molar-refractivity contribution in [1.82, 2.24) is 15.3 Å². The van der Waals surface area contributed by atoms with E-state index in [0.717, 1.165) is 25.0 Å². The van der Waals surface area contributed by atoms with Crippen molar-refractivity contribution in [3.8, 4) is 0 Å². The first-order chi connectivity index (χ1) is 11.3. The Morgan fingerprint density at radius 2 is 2.13 bits per heavy atom. The van der Waals surface area contributed by atoms with E-state index in [2.05, 4.69) is 20.6 Å². The van der Waals surface area contributed by atoms with Gasteiger partial charge in [0.25, 0.3) is 5.91 Å². The van der Waals surface area contributed by atoms with Crippen molar-refractivity contribution in [3.05, 3.63) is 53.9 Å². The summed E-state index contributed by atoms with van der Waals surface area (Å²) in [6.07, 6.45) is 3.93. The van der Waals surface area contributed by atoms with Gasteiger partial charge in [0.05, 0.1) is 6.10 Å². The fourth-order valence-electron chi connectivity index (χ4n) is 2.45. The lowest BCUT2D eigenvalue weighted by atomic mass is 10.2. The van der Waals surface area contributed by atoms with Gasteiger partial charge in [0.15, 0.2) is 0 Å². The van der Waals surface area contributed by atoms with Gasteiger partial charge < -0.3 is 15.4 Å². The molecular formula is C17H20N4O2. The molecule has 6 heteroatoms. The molecular weight excluding hydrogens is 292 g/mol. The number of nitrogens with zero attached hydrogens (tertiary/aromatic N) is 2. The second-order valence-electron chi connectivity index (χ2n) is 5.45. The molecule has 0 bridgehead atoms. The van der Waals surface area contributed by atoms with Gasteiger partial charge in [0.1, 0.15) is 5.69 Å². The summed E-state index contributed by atoms with van der Waals surface area (Å²) in [6.45, 7) is 1.95. The van der Waals surface area contributed by atoms with Crippen molar-refractivity contribution >= 4 is 11.9 Å². The fraction of sp³-hybridized carbons (Fsp3) is 0.353. The summed E-state index contributed by atoms with van der Waals surface area (Å²) < 4.78 is 5.54. The quantitative estimate of drug-likeness (QED) is 0.853. The minimum atomic E-state index is -0.212. The topological polar surface area (TPSA) is 76.1 Å². The molecule has 1 aliphatic heterocycles. The van der Waals surface area contributed by atoms with E-state index >= 15 is 0 Å². The monoisotopic (exact) mass is 312 g/mol. The first-order valence-electron chi connectivity index (χ1n) is 7.82. The Morgan fingerprint density at radius 3 is 2.91 bits per heavy atom. The first-order valence-corrected chi connectivity index (χ1v) is 7.82. The van der Waals surface area contributed by atoms with Crippen LogP contribution in [-0.2, 0) is 11.3 Å². The molecule has 3 rings (SSSR count). The molecule has 1 unspecified atom stereocenters. The normalized spacial score (nSPS) is 17.0. The van der Waals surface area contributed by atoms with E-state index in [1.54, 1.807) is 12.3 Å². The zero-order valence-corrected chi connectivity index (χ0v) is 12.9. The van der Waals surface area contributed by atoms with E-state index in [1.165, 1.54) is 0 Å². The van der Waals surface area contributed by atoms with Crippen LogP contribution >= 0.6 is 0 Å². The molecule has 1 amide bonds. The highest BCUT2D eigenvalue weighted by molar-refractivity contribution is 5.92. The van der Waals surface area contributed by atoms with E-state index < -0.39 is 0 Å². The average molecular weight is 312 g/mol. The lowest BCUT2D eigenvalue weighted by Gasteiger charge is -2.11. The summed E-state index contributed by atoms with van der Waals surface area (Å²) in [7, 11) is 0. The average Bonchev–Trinajstić information content (AvgIpc) is 3.12. The minimum absolute atomic E-state index is 0.203. The van der Waals surface area contributed by atoms with Crippen LogP contribution in [0.2, 0.25) is 0 Å². The molecule has 23 heavy (non-hydrogen) atoms. The highest BCUT2D eigenvalue weighted by Crippen LogP contribution is 2.12. The molecule has 1 fully saturated rings. The van der Waals surface area contributed by atoms with Gasteiger partial charge in [-0.1, -0.05) is 30.3 Å². The number of carbonyl (C=O) groups is 1. The SMILES string of the molecule is O=C(NCc1ccccc1)c1ccnc(NCC2CCCO2)n1. The van der Waals surface area contributed by atoms with Crippen LogP contribution in [0, 0.1) is 0 Å². The smallest absolute Gasteiger partial charge is 0.270 e. The largest absolute Gasteiger partial charge is 0.376 e. The van der Waals surface area contributed by atoms with Gasteiger partial charge in [0, 0.05) is 25.9 Å². The number of nitrogens with one attached hydrogen (secondary N) is 2. The lowest BCUT2D eigenvalue weighted by Crippen LogP contribution is -2.25. The standard InChI is InChI=1S/C17H20N4O2/c22-16(19-11-13-5-2-1-3-6-13)15-8-9-18-17(21-15)20-12-14-7-4-10-23-14/h1-3,5-6,8-9,14H,4,7,10-12H2,(H,19,22)(H,18,20,21). The van der Waals surface area contributed by atoms with E-state index in [-0.39, 0.29) is 12.0 Å². The number of carbonyl (C=O) groups excluding carboxylic acids is 1. The highest BCUT2D eigenvalue weighted by atomic mass is 16.5. The molecule has 1 saturated heterocycles. The zero-order valence-electron chi connectivity index (χ0n) is 12.9. The van der Waals surface area contributed by atoms with Crippen LogP contribution in [0.3, 0.4) is 0 Å². The summed E-state index contributed by atoms with van der Waals surface area (Å²) in [6, 6.07) is 11.4. The molecule has 1 aromatic heterocycles. The van der Waals surface area contributed by atoms with E-state index in [9.17, 15) is 4.79 Å². The Labute approximate surface area is 135 Å². The predicted octanol–water partition coefficient (Wildman–Crippen LogP) is 2.00. The summed E-state index contributed by atoms with van der Waals surface area (Å²) in [5, 5.41) is 5.99. The van der Waals surface area contributed by atoms with Gasteiger partial charge in [-0.25, -0.2) is 9.97 Å². The second-order valence-corrected chi connectivity index (χ2v) is 5.45. The molecule has 120 valence electrons. The molecule has 1 atom stereocenters. The van der Waals surface area contributed by atoms with Crippen LogP contribution in [0.25, 0.3) is 0 Å². The number of amides is 1. The number of anilines is 1. The molecule has 1 aromatic carbocycles. The third kappa shape index (κ3) is 4.50. The molecule has 2 heterocycles. The number of aromatic nitrogens is 2. The van der Waals surface area contributed by atoms with Gasteiger partial charge in [0.2, 0.25) is 5.95 Å². The van der Waals surface area contributed by atoms with Crippen LogP contribution in [0.15, 0.2) is 42.6 Å². The van der Waals surface area contributed by atoms with Crippen LogP contribution in [0.5, 0.6) is 0 Å². The lowest BCUT2D eigenvalue weighted by molar-refractivity contribution is 0.0946. The van der Waals surface area contributed by atoms with E-state index in [1.807, 2.05) is 30.3 Å². The molecule has 2 N–H and O–H groups in total. The maximum absolute atomic E-state index is 12.2. The van der Waals surface area contributed by atoms with Crippen LogP contribution in [0.4, 0.5) is 5.95 Å². The van der Waals surface area contributed by atoms with Crippen LogP contribution in [-0.4, -0.2) is 35.1 Å². The Hall–Kier alpha value is -2.47. The van der Waals surface area contributed by atoms with Crippen molar-refractivity contribution in [2.24, 2.45) is 0 Å². The van der Waals surface area contributed by atoms with Crippen molar-refractivity contribution in [1.29, 1.82) is 0 Å². The number of benzene rings is 1. The van der Waals surface area contributed by atoms with Crippen molar-refractivity contribution < 1.29 is 9.53 Å². The van der Waals surface area contributed by atoms with Gasteiger partial charge in [-0.15, -0.1) is 0 Å². The number of ether oxygens (including phenoxy) is 1. The minimum Gasteiger partial charge on any atom is -0.376 e. The number of rotatable bonds is 6. The molecule has 0 radical (unpaired) electrons. The summed E-state index contributed by atoms with van der Waals surface area (Å²) >= 11 is 0. The zero-order chi connectivity index (χ0) is 15.9. The van der Waals surface area contributed by atoms with Crippen LogP contribution in [0.1, 0.15) is 28.9 Å². The fourth-order valence-corrected chi connectivity index (χ4v) is 2.45. The Bertz CT molecular complexity index is 642. The summed E-state index contributed by atoms with van der Waals surface area (Å²) in [5.41, 5.74) is 1.40. The maximum atomic E-state index is 12.2. The van der Waals surface area contributed by atoms with Crippen molar-refractivity contribution in [2.75, 3.05) is 18.5 Å². The maximum Gasteiger partial charge on any atom is 0.270 e. The van der Waals surface area contributed by atoms with Gasteiger partial charge in [-0.2, -0.15) is 0 Å². The van der Waals surface area contributed by atoms with E-state index in [4.69, 9.17) is 4.74 Å². The highest BCUT2D eigenvalue weighted by Gasteiger charge is 2.15. The molecule has 0 aliphatic carbocycles.